The largest absolute Gasteiger partial charge is 0.496 e. The summed E-state index contributed by atoms with van der Waals surface area (Å²) in [5, 5.41) is 0. The summed E-state index contributed by atoms with van der Waals surface area (Å²) in [5.41, 5.74) is 5.30. The number of hydrogen-bond acceptors (Lipinski definition) is 4. The number of carbonyl (C=O) groups is 2. The lowest BCUT2D eigenvalue weighted by molar-refractivity contribution is -0.143. The van der Waals surface area contributed by atoms with Crippen molar-refractivity contribution in [2.75, 3.05) is 13.7 Å². The molecule has 1 saturated carbocycles. The fraction of sp³-hybridized carbons (Fsp3) is 0.529. The van der Waals surface area contributed by atoms with Crippen LogP contribution in [0.25, 0.3) is 5.57 Å². The molecule has 2 aromatic rings. The number of amides is 2. The molecule has 5 rings (SSSR count). The molecule has 0 radical (unpaired) electrons. The number of ether oxygens (including phenoxy) is 2. The first-order chi connectivity index (χ1) is 21.3. The molecule has 46 heavy (non-hydrogen) atoms. The van der Waals surface area contributed by atoms with Crippen LogP contribution in [0.1, 0.15) is 93.2 Å². The highest BCUT2D eigenvalue weighted by Crippen LogP contribution is 2.48. The first kappa shape index (κ1) is 33.7. The van der Waals surface area contributed by atoms with Crippen LogP contribution in [0.15, 0.2) is 42.0 Å². The average molecular weight is 653 g/mol. The van der Waals surface area contributed by atoms with Crippen LogP contribution in [0, 0.1) is 10.8 Å². The number of methoxy groups -OCH3 is 1. The zero-order chi connectivity index (χ0) is 33.8. The summed E-state index contributed by atoms with van der Waals surface area (Å²) in [6.45, 7) is 5.82. The van der Waals surface area contributed by atoms with Gasteiger partial charge < -0.3 is 15.2 Å². The summed E-state index contributed by atoms with van der Waals surface area (Å²) in [5.74, 6) is 0.283. The highest BCUT2D eigenvalue weighted by molar-refractivity contribution is 5.82. The Morgan fingerprint density at radius 1 is 1.02 bits per heavy atom. The maximum absolute atomic E-state index is 13.6. The number of carbonyl (C=O) groups excluding carboxylic acids is 2. The molecule has 0 spiro atoms. The van der Waals surface area contributed by atoms with Gasteiger partial charge in [-0.15, -0.1) is 0 Å². The van der Waals surface area contributed by atoms with E-state index in [9.17, 15) is 35.9 Å². The molecule has 0 aromatic heterocycles. The molecule has 250 valence electrons. The SMILES string of the molecule is COc1ccc(CC2(C(N)=O)CCC2)cc1C1=C(CN2C(=O)O[C@H](c3cc(C(F)(F)F)cc(C(F)(F)F)c3)[C@@H]2C)CC(C)(C)CC1. The molecule has 2 aromatic carbocycles. The maximum Gasteiger partial charge on any atom is 0.416 e. The number of primary amides is 1. The van der Waals surface area contributed by atoms with Crippen LogP contribution in [-0.2, 0) is 28.3 Å². The molecule has 2 fully saturated rings. The number of nitrogens with zero attached hydrogens (tertiary/aromatic N) is 1. The van der Waals surface area contributed by atoms with Gasteiger partial charge in [0.1, 0.15) is 11.9 Å². The Hall–Kier alpha value is -3.70. The minimum Gasteiger partial charge on any atom is -0.496 e. The van der Waals surface area contributed by atoms with Crippen LogP contribution in [0.4, 0.5) is 31.1 Å². The quantitative estimate of drug-likeness (QED) is 0.290. The summed E-state index contributed by atoms with van der Waals surface area (Å²) in [6.07, 6.45) is -7.31. The van der Waals surface area contributed by atoms with E-state index in [0.717, 1.165) is 48.0 Å². The number of benzene rings is 2. The molecule has 12 heteroatoms. The van der Waals surface area contributed by atoms with E-state index < -0.39 is 47.1 Å². The normalized spacial score (nSPS) is 22.8. The van der Waals surface area contributed by atoms with Gasteiger partial charge in [0.25, 0.3) is 0 Å². The van der Waals surface area contributed by atoms with E-state index in [1.165, 1.54) is 4.90 Å². The first-order valence-electron chi connectivity index (χ1n) is 15.3. The fourth-order valence-corrected chi connectivity index (χ4v) is 7.00. The predicted molar refractivity (Wildman–Crippen MR) is 159 cm³/mol. The number of allylic oxidation sites excluding steroid dienone is 1. The molecule has 6 nitrogen and oxygen atoms in total. The van der Waals surface area contributed by atoms with Crippen LogP contribution in [-0.4, -0.2) is 36.6 Å². The second-order valence-corrected chi connectivity index (χ2v) is 13.6. The van der Waals surface area contributed by atoms with Gasteiger partial charge in [0.15, 0.2) is 0 Å². The number of rotatable bonds is 8. The minimum absolute atomic E-state index is 0.0572. The Balaban J connectivity index is 1.51. The molecule has 2 atom stereocenters. The topological polar surface area (TPSA) is 81.9 Å². The zero-order valence-electron chi connectivity index (χ0n) is 26.2. The average Bonchev–Trinajstić information content (AvgIpc) is 3.21. The van der Waals surface area contributed by atoms with E-state index in [-0.39, 0.29) is 29.5 Å². The van der Waals surface area contributed by atoms with Crippen molar-refractivity contribution < 1.29 is 45.4 Å². The molecule has 2 amide bonds. The van der Waals surface area contributed by atoms with Crippen molar-refractivity contribution in [3.05, 3.63) is 69.8 Å². The Kier molecular flexibility index (Phi) is 8.66. The lowest BCUT2D eigenvalue weighted by atomic mass is 9.64. The van der Waals surface area contributed by atoms with Gasteiger partial charge in [0.2, 0.25) is 5.91 Å². The van der Waals surface area contributed by atoms with E-state index in [1.807, 2.05) is 18.2 Å². The number of alkyl halides is 6. The molecule has 1 aliphatic heterocycles. The van der Waals surface area contributed by atoms with E-state index in [0.29, 0.717) is 37.1 Å². The lowest BCUT2D eigenvalue weighted by Gasteiger charge is -2.39. The van der Waals surface area contributed by atoms with Crippen molar-refractivity contribution in [1.82, 2.24) is 4.90 Å². The van der Waals surface area contributed by atoms with E-state index in [4.69, 9.17) is 15.2 Å². The standard InChI is InChI=1S/C34H38F6N2O4/c1-19-28(21-13-23(33(35,36)37)15-24(14-21)34(38,39)40)46-30(44)42(19)18-22-17-31(2,3)11-8-25(22)26-12-20(6-7-27(26)45-4)16-32(29(41)43)9-5-10-32/h6-7,12-15,19,28H,5,8-11,16-18H2,1-4H3,(H2,41,43)/t19-,28-/m0/s1. The number of hydrogen-bond donors (Lipinski definition) is 1. The third-order valence-corrected chi connectivity index (χ3v) is 9.83. The molecule has 3 aliphatic rings. The van der Waals surface area contributed by atoms with E-state index >= 15 is 0 Å². The van der Waals surface area contributed by atoms with Crippen molar-refractivity contribution in [3.8, 4) is 5.75 Å². The fourth-order valence-electron chi connectivity index (χ4n) is 7.00. The predicted octanol–water partition coefficient (Wildman–Crippen LogP) is 8.48. The zero-order valence-corrected chi connectivity index (χ0v) is 26.2. The second-order valence-electron chi connectivity index (χ2n) is 13.6. The van der Waals surface area contributed by atoms with E-state index in [2.05, 4.69) is 13.8 Å². The van der Waals surface area contributed by atoms with Crippen molar-refractivity contribution in [3.63, 3.8) is 0 Å². The van der Waals surface area contributed by atoms with Crippen molar-refractivity contribution in [2.45, 2.75) is 90.2 Å². The molecule has 1 heterocycles. The third kappa shape index (κ3) is 6.57. The van der Waals surface area contributed by atoms with Crippen LogP contribution >= 0.6 is 0 Å². The van der Waals surface area contributed by atoms with Crippen molar-refractivity contribution in [2.24, 2.45) is 16.6 Å². The first-order valence-corrected chi connectivity index (χ1v) is 15.3. The minimum atomic E-state index is -5.03. The van der Waals surface area contributed by atoms with Crippen LogP contribution in [0.3, 0.4) is 0 Å². The number of nitrogens with two attached hydrogens (primary N) is 1. The van der Waals surface area contributed by atoms with E-state index in [1.54, 1.807) is 14.0 Å². The van der Waals surface area contributed by atoms with Gasteiger partial charge in [-0.2, -0.15) is 26.3 Å². The molecular weight excluding hydrogens is 614 g/mol. The van der Waals surface area contributed by atoms with Gasteiger partial charge in [0, 0.05) is 12.1 Å². The van der Waals surface area contributed by atoms with Crippen LogP contribution in [0.2, 0.25) is 0 Å². The number of cyclic esters (lactones) is 1. The van der Waals surface area contributed by atoms with Gasteiger partial charge in [-0.3, -0.25) is 9.69 Å². The Bertz CT molecular complexity index is 1530. The maximum atomic E-state index is 13.6. The summed E-state index contributed by atoms with van der Waals surface area (Å²) in [7, 11) is 1.55. The smallest absolute Gasteiger partial charge is 0.416 e. The lowest BCUT2D eigenvalue weighted by Crippen LogP contribution is -2.44. The van der Waals surface area contributed by atoms with Crippen molar-refractivity contribution >= 4 is 17.6 Å². The summed E-state index contributed by atoms with van der Waals surface area (Å²) < 4.78 is 92.7. The second kappa shape index (κ2) is 11.8. The van der Waals surface area contributed by atoms with Gasteiger partial charge in [-0.1, -0.05) is 26.3 Å². The van der Waals surface area contributed by atoms with Gasteiger partial charge in [0.05, 0.1) is 29.7 Å². The molecule has 2 N–H and O–H groups in total. The molecular formula is C34H38F6N2O4. The van der Waals surface area contributed by atoms with Crippen LogP contribution in [0.5, 0.6) is 5.75 Å². The summed E-state index contributed by atoms with van der Waals surface area (Å²) in [4.78, 5) is 26.9. The Labute approximate surface area is 263 Å². The summed E-state index contributed by atoms with van der Waals surface area (Å²) in [6, 6.07) is 6.16. The molecule has 2 aliphatic carbocycles. The van der Waals surface area contributed by atoms with Gasteiger partial charge >= 0.3 is 18.4 Å². The van der Waals surface area contributed by atoms with Gasteiger partial charge in [-0.25, -0.2) is 4.79 Å². The highest BCUT2D eigenvalue weighted by atomic mass is 19.4. The van der Waals surface area contributed by atoms with Crippen molar-refractivity contribution in [1.29, 1.82) is 0 Å². The molecule has 0 bridgehead atoms. The van der Waals surface area contributed by atoms with Crippen LogP contribution < -0.4 is 10.5 Å². The summed E-state index contributed by atoms with van der Waals surface area (Å²) >= 11 is 0. The Morgan fingerprint density at radius 2 is 1.65 bits per heavy atom. The van der Waals surface area contributed by atoms with Gasteiger partial charge in [-0.05, 0) is 103 Å². The molecule has 1 saturated heterocycles. The highest BCUT2D eigenvalue weighted by Gasteiger charge is 2.45. The number of halogens is 6. The Morgan fingerprint density at radius 3 is 2.17 bits per heavy atom. The molecule has 0 unspecified atom stereocenters. The monoisotopic (exact) mass is 652 g/mol. The third-order valence-electron chi connectivity index (χ3n) is 9.83.